The van der Waals surface area contributed by atoms with E-state index in [-0.39, 0.29) is 5.69 Å². The minimum Gasteiger partial charge on any atom is -0.476 e. The molecular weight excluding hydrogens is 258 g/mol. The van der Waals surface area contributed by atoms with Gasteiger partial charge in [0.2, 0.25) is 0 Å². The third-order valence-electron chi connectivity index (χ3n) is 3.11. The molecule has 1 aromatic heterocycles. The normalized spacial score (nSPS) is 10.7. The second-order valence-corrected chi connectivity index (χ2v) is 5.72. The molecule has 0 saturated carbocycles. The maximum absolute atomic E-state index is 11.3. The fraction of sp³-hybridized carbons (Fsp3) is 0.333. The third-order valence-corrected chi connectivity index (χ3v) is 4.27. The van der Waals surface area contributed by atoms with Crippen LogP contribution in [-0.4, -0.2) is 16.1 Å². The Kier molecular flexibility index (Phi) is 4.00. The highest BCUT2D eigenvalue weighted by Gasteiger charge is 2.18. The highest BCUT2D eigenvalue weighted by Crippen LogP contribution is 2.32. The Morgan fingerprint density at radius 2 is 2.05 bits per heavy atom. The summed E-state index contributed by atoms with van der Waals surface area (Å²) in [5.41, 5.74) is 3.50. The summed E-state index contributed by atoms with van der Waals surface area (Å²) in [5, 5.41) is 10.2. The fourth-order valence-electron chi connectivity index (χ4n) is 1.91. The number of nitrogens with zero attached hydrogens (tertiary/aromatic N) is 1. The van der Waals surface area contributed by atoms with Crippen molar-refractivity contribution in [3.63, 3.8) is 0 Å². The summed E-state index contributed by atoms with van der Waals surface area (Å²) in [6.45, 7) is 6.15. The summed E-state index contributed by atoms with van der Waals surface area (Å²) in [4.78, 5) is 16.3. The van der Waals surface area contributed by atoms with Crippen LogP contribution in [-0.2, 0) is 6.42 Å². The molecular formula is C15H17NO2S. The molecule has 1 heterocycles. The number of hydrogen-bond acceptors (Lipinski definition) is 3. The van der Waals surface area contributed by atoms with Crippen molar-refractivity contribution in [3.05, 3.63) is 40.0 Å². The molecule has 0 unspecified atom stereocenters. The fourth-order valence-corrected chi connectivity index (χ4v) is 3.06. The predicted molar refractivity (Wildman–Crippen MR) is 78.0 cm³/mol. The van der Waals surface area contributed by atoms with Gasteiger partial charge >= 0.3 is 5.97 Å². The molecule has 0 radical (unpaired) electrons. The molecule has 3 nitrogen and oxygen atoms in total. The number of thiazole rings is 1. The Bertz CT molecular complexity index is 617. The summed E-state index contributed by atoms with van der Waals surface area (Å²) in [7, 11) is 0. The molecule has 0 aliphatic heterocycles. The average molecular weight is 275 g/mol. The van der Waals surface area contributed by atoms with Crippen LogP contribution < -0.4 is 0 Å². The van der Waals surface area contributed by atoms with Crippen molar-refractivity contribution < 1.29 is 9.90 Å². The number of rotatable bonds is 4. The maximum Gasteiger partial charge on any atom is 0.356 e. The van der Waals surface area contributed by atoms with Crippen LogP contribution in [0.3, 0.4) is 0 Å². The number of carboxylic acid groups (broad SMARTS) is 1. The minimum absolute atomic E-state index is 0.178. The van der Waals surface area contributed by atoms with Crippen LogP contribution in [0.1, 0.15) is 40.0 Å². The summed E-state index contributed by atoms with van der Waals surface area (Å²) in [6.07, 6.45) is 1.80. The molecule has 4 heteroatoms. The van der Waals surface area contributed by atoms with Crippen molar-refractivity contribution >= 4 is 17.3 Å². The Morgan fingerprint density at radius 1 is 1.32 bits per heavy atom. The Labute approximate surface area is 116 Å². The van der Waals surface area contributed by atoms with Crippen LogP contribution in [0.25, 0.3) is 10.4 Å². The van der Waals surface area contributed by atoms with Gasteiger partial charge < -0.3 is 5.11 Å². The minimum atomic E-state index is -0.952. The van der Waals surface area contributed by atoms with E-state index in [1.807, 2.05) is 32.0 Å². The monoisotopic (exact) mass is 275 g/mol. The highest BCUT2D eigenvalue weighted by molar-refractivity contribution is 7.15. The lowest BCUT2D eigenvalue weighted by atomic mass is 10.0. The van der Waals surface area contributed by atoms with Gasteiger partial charge in [0.1, 0.15) is 0 Å². The van der Waals surface area contributed by atoms with Gasteiger partial charge in [-0.25, -0.2) is 9.78 Å². The van der Waals surface area contributed by atoms with Crippen LogP contribution in [0.2, 0.25) is 0 Å². The number of hydrogen-bond donors (Lipinski definition) is 1. The zero-order valence-corrected chi connectivity index (χ0v) is 12.2. The standard InChI is InChI=1S/C15H17NO2S/c1-4-5-12-16-13(15(17)18)14(19-12)11-7-6-9(2)10(3)8-11/h6-8H,4-5H2,1-3H3,(H,17,18). The molecule has 0 fully saturated rings. The van der Waals surface area contributed by atoms with E-state index >= 15 is 0 Å². The van der Waals surface area contributed by atoms with Crippen molar-refractivity contribution in [2.45, 2.75) is 33.6 Å². The van der Waals surface area contributed by atoms with Gasteiger partial charge in [0.15, 0.2) is 5.69 Å². The first kappa shape index (κ1) is 13.7. The van der Waals surface area contributed by atoms with Crippen LogP contribution in [0.5, 0.6) is 0 Å². The molecule has 100 valence electrons. The molecule has 19 heavy (non-hydrogen) atoms. The van der Waals surface area contributed by atoms with Crippen molar-refractivity contribution in [2.24, 2.45) is 0 Å². The van der Waals surface area contributed by atoms with Gasteiger partial charge in [0, 0.05) is 0 Å². The molecule has 0 saturated heterocycles. The van der Waals surface area contributed by atoms with Crippen molar-refractivity contribution in [2.75, 3.05) is 0 Å². The van der Waals surface area contributed by atoms with E-state index in [4.69, 9.17) is 0 Å². The average Bonchev–Trinajstić information content (AvgIpc) is 2.77. The van der Waals surface area contributed by atoms with E-state index in [0.29, 0.717) is 0 Å². The predicted octanol–water partition coefficient (Wildman–Crippen LogP) is 4.08. The van der Waals surface area contributed by atoms with Crippen LogP contribution in [0.15, 0.2) is 18.2 Å². The highest BCUT2D eigenvalue weighted by atomic mass is 32.1. The van der Waals surface area contributed by atoms with E-state index < -0.39 is 5.97 Å². The summed E-state index contributed by atoms with van der Waals surface area (Å²) in [5.74, 6) is -0.952. The van der Waals surface area contributed by atoms with E-state index in [1.165, 1.54) is 22.5 Å². The van der Waals surface area contributed by atoms with Gasteiger partial charge in [-0.15, -0.1) is 11.3 Å². The molecule has 1 N–H and O–H groups in total. The molecule has 1 aromatic carbocycles. The molecule has 0 aliphatic rings. The zero-order valence-electron chi connectivity index (χ0n) is 11.4. The lowest BCUT2D eigenvalue weighted by molar-refractivity contribution is 0.0692. The first-order valence-electron chi connectivity index (χ1n) is 6.33. The van der Waals surface area contributed by atoms with Crippen LogP contribution in [0, 0.1) is 13.8 Å². The maximum atomic E-state index is 11.3. The molecule has 2 rings (SSSR count). The first-order chi connectivity index (χ1) is 9.02. The molecule has 0 bridgehead atoms. The number of carbonyl (C=O) groups is 1. The van der Waals surface area contributed by atoms with Crippen molar-refractivity contribution in [1.29, 1.82) is 0 Å². The summed E-state index contributed by atoms with van der Waals surface area (Å²) in [6, 6.07) is 6.03. The van der Waals surface area contributed by atoms with Gasteiger partial charge in [-0.05, 0) is 43.4 Å². The lowest BCUT2D eigenvalue weighted by Crippen LogP contribution is -1.99. The largest absolute Gasteiger partial charge is 0.476 e. The molecule has 2 aromatic rings. The number of aromatic carboxylic acids is 1. The molecule has 0 atom stereocenters. The van der Waals surface area contributed by atoms with E-state index in [0.717, 1.165) is 28.3 Å². The Balaban J connectivity index is 2.53. The van der Waals surface area contributed by atoms with Crippen molar-refractivity contribution in [1.82, 2.24) is 4.98 Å². The lowest BCUT2D eigenvalue weighted by Gasteiger charge is -2.03. The third kappa shape index (κ3) is 2.84. The first-order valence-corrected chi connectivity index (χ1v) is 7.15. The second kappa shape index (κ2) is 5.53. The number of aryl methyl sites for hydroxylation is 3. The number of aromatic nitrogens is 1. The Hall–Kier alpha value is -1.68. The van der Waals surface area contributed by atoms with Gasteiger partial charge in [-0.1, -0.05) is 25.1 Å². The van der Waals surface area contributed by atoms with Gasteiger partial charge in [-0.3, -0.25) is 0 Å². The zero-order chi connectivity index (χ0) is 14.0. The Morgan fingerprint density at radius 3 is 2.63 bits per heavy atom. The van der Waals surface area contributed by atoms with E-state index in [9.17, 15) is 9.90 Å². The topological polar surface area (TPSA) is 50.2 Å². The molecule has 0 amide bonds. The van der Waals surface area contributed by atoms with Gasteiger partial charge in [0.05, 0.1) is 9.88 Å². The smallest absolute Gasteiger partial charge is 0.356 e. The number of benzene rings is 1. The van der Waals surface area contributed by atoms with E-state index in [2.05, 4.69) is 11.9 Å². The second-order valence-electron chi connectivity index (χ2n) is 4.64. The van der Waals surface area contributed by atoms with Gasteiger partial charge in [0.25, 0.3) is 0 Å². The van der Waals surface area contributed by atoms with Gasteiger partial charge in [-0.2, -0.15) is 0 Å². The molecule has 0 aliphatic carbocycles. The SMILES string of the molecule is CCCc1nc(C(=O)O)c(-c2ccc(C)c(C)c2)s1. The van der Waals surface area contributed by atoms with E-state index in [1.54, 1.807) is 0 Å². The quantitative estimate of drug-likeness (QED) is 0.914. The molecule has 0 spiro atoms. The number of carboxylic acids is 1. The van der Waals surface area contributed by atoms with Crippen LogP contribution >= 0.6 is 11.3 Å². The van der Waals surface area contributed by atoms with Crippen molar-refractivity contribution in [3.8, 4) is 10.4 Å². The van der Waals surface area contributed by atoms with Crippen LogP contribution in [0.4, 0.5) is 0 Å². The summed E-state index contributed by atoms with van der Waals surface area (Å²) >= 11 is 1.49. The summed E-state index contributed by atoms with van der Waals surface area (Å²) < 4.78 is 0.